The maximum Gasteiger partial charge on any atom is 0.233 e. The molecule has 0 aromatic carbocycles. The lowest BCUT2D eigenvalue weighted by atomic mass is 10.2. The van der Waals surface area contributed by atoms with Gasteiger partial charge in [0, 0.05) is 29.8 Å². The van der Waals surface area contributed by atoms with Gasteiger partial charge >= 0.3 is 0 Å². The Labute approximate surface area is 89.8 Å². The van der Waals surface area contributed by atoms with E-state index in [9.17, 15) is 8.42 Å². The van der Waals surface area contributed by atoms with Crippen molar-refractivity contribution in [1.29, 1.82) is 0 Å². The number of hydrogen-bond acceptors (Lipinski definition) is 3. The summed E-state index contributed by atoms with van der Waals surface area (Å²) in [5.41, 5.74) is 0.835. The minimum Gasteiger partial charge on any atom is -0.273 e. The molecule has 6 heteroatoms. The Kier molecular flexibility index (Phi) is 3.65. The van der Waals surface area contributed by atoms with Gasteiger partial charge < -0.3 is 0 Å². The Morgan fingerprint density at radius 1 is 1.73 bits per heavy atom. The molecule has 1 aromatic rings. The summed E-state index contributed by atoms with van der Waals surface area (Å²) < 4.78 is 26.6. The number of sulfonamides is 1. The number of hydrogen-bond donors (Lipinski definition) is 1. The molecule has 84 valence electrons. The fraction of sp³-hybridized carbons (Fsp3) is 0.444. The summed E-state index contributed by atoms with van der Waals surface area (Å²) in [4.78, 5) is 0. The first-order valence-corrected chi connectivity index (χ1v) is 6.20. The zero-order valence-corrected chi connectivity index (χ0v) is 9.66. The van der Waals surface area contributed by atoms with Crippen molar-refractivity contribution in [3.05, 3.63) is 29.9 Å². The van der Waals surface area contributed by atoms with Crippen LogP contribution in [0.4, 0.5) is 0 Å². The van der Waals surface area contributed by atoms with Gasteiger partial charge in [0.1, 0.15) is 0 Å². The van der Waals surface area contributed by atoms with Gasteiger partial charge in [-0.3, -0.25) is 4.68 Å². The van der Waals surface area contributed by atoms with E-state index in [-0.39, 0.29) is 6.04 Å². The zero-order chi connectivity index (χ0) is 11.5. The number of aryl methyl sites for hydroxylation is 1. The van der Waals surface area contributed by atoms with E-state index in [0.717, 1.165) is 17.5 Å². The number of rotatable bonds is 5. The molecule has 0 fully saturated rings. The summed E-state index contributed by atoms with van der Waals surface area (Å²) in [5, 5.41) is 4.96. The summed E-state index contributed by atoms with van der Waals surface area (Å²) in [6.07, 6.45) is 3.47. The standard InChI is InChI=1S/C9H15N3O2S/c1-4-12-7-9(6-10-12)8(3)11-15(13,14)5-2/h5-8,11H,2,4H2,1,3H3. The van der Waals surface area contributed by atoms with Crippen LogP contribution in [0, 0.1) is 0 Å². The van der Waals surface area contributed by atoms with E-state index in [4.69, 9.17) is 0 Å². The second kappa shape index (κ2) is 4.59. The number of aromatic nitrogens is 2. The minimum absolute atomic E-state index is 0.298. The molecule has 0 amide bonds. The summed E-state index contributed by atoms with van der Waals surface area (Å²) in [6.45, 7) is 7.72. The van der Waals surface area contributed by atoms with Crippen molar-refractivity contribution in [1.82, 2.24) is 14.5 Å². The maximum absolute atomic E-state index is 11.2. The lowest BCUT2D eigenvalue weighted by Crippen LogP contribution is -2.24. The van der Waals surface area contributed by atoms with Crippen LogP contribution in [0.5, 0.6) is 0 Å². The van der Waals surface area contributed by atoms with Crippen molar-refractivity contribution < 1.29 is 8.42 Å². The minimum atomic E-state index is -3.39. The molecular formula is C9H15N3O2S. The zero-order valence-electron chi connectivity index (χ0n) is 8.84. The molecule has 0 saturated heterocycles. The van der Waals surface area contributed by atoms with E-state index < -0.39 is 10.0 Å². The van der Waals surface area contributed by atoms with Crippen molar-refractivity contribution in [3.8, 4) is 0 Å². The van der Waals surface area contributed by atoms with Crippen LogP contribution in [0.2, 0.25) is 0 Å². The number of nitrogens with zero attached hydrogens (tertiary/aromatic N) is 2. The van der Waals surface area contributed by atoms with Gasteiger partial charge in [-0.25, -0.2) is 13.1 Å². The Morgan fingerprint density at radius 2 is 2.40 bits per heavy atom. The van der Waals surface area contributed by atoms with E-state index in [0.29, 0.717) is 0 Å². The van der Waals surface area contributed by atoms with E-state index in [1.165, 1.54) is 0 Å². The molecule has 0 spiro atoms. The molecule has 0 aliphatic rings. The van der Waals surface area contributed by atoms with Crippen LogP contribution in [-0.4, -0.2) is 18.2 Å². The van der Waals surface area contributed by atoms with Crippen LogP contribution in [0.25, 0.3) is 0 Å². The van der Waals surface area contributed by atoms with Crippen molar-refractivity contribution in [2.24, 2.45) is 0 Å². The molecule has 0 bridgehead atoms. The number of nitrogens with one attached hydrogen (secondary N) is 1. The normalized spacial score (nSPS) is 13.7. The average Bonchev–Trinajstić information content (AvgIpc) is 2.65. The van der Waals surface area contributed by atoms with Crippen molar-refractivity contribution >= 4 is 10.0 Å². The predicted octanol–water partition coefficient (Wildman–Crippen LogP) is 1.03. The van der Waals surface area contributed by atoms with Crippen LogP contribution in [-0.2, 0) is 16.6 Å². The predicted molar refractivity (Wildman–Crippen MR) is 58.6 cm³/mol. The second-order valence-electron chi connectivity index (χ2n) is 3.18. The van der Waals surface area contributed by atoms with Gasteiger partial charge in [-0.15, -0.1) is 0 Å². The van der Waals surface area contributed by atoms with Crippen LogP contribution >= 0.6 is 0 Å². The molecule has 15 heavy (non-hydrogen) atoms. The summed E-state index contributed by atoms with van der Waals surface area (Å²) >= 11 is 0. The smallest absolute Gasteiger partial charge is 0.233 e. The second-order valence-corrected chi connectivity index (χ2v) is 4.84. The van der Waals surface area contributed by atoms with Crippen LogP contribution in [0.15, 0.2) is 24.4 Å². The molecule has 5 nitrogen and oxygen atoms in total. The molecule has 1 rings (SSSR count). The quantitative estimate of drug-likeness (QED) is 0.820. The largest absolute Gasteiger partial charge is 0.273 e. The Bertz CT molecular complexity index is 436. The monoisotopic (exact) mass is 229 g/mol. The highest BCUT2D eigenvalue weighted by molar-refractivity contribution is 7.92. The molecule has 0 aliphatic carbocycles. The van der Waals surface area contributed by atoms with Crippen molar-refractivity contribution in [2.45, 2.75) is 26.4 Å². The van der Waals surface area contributed by atoms with Gasteiger partial charge in [0.25, 0.3) is 0 Å². The summed E-state index contributed by atoms with van der Waals surface area (Å²) in [5.74, 6) is 0. The first-order valence-electron chi connectivity index (χ1n) is 4.65. The van der Waals surface area contributed by atoms with Crippen LogP contribution in [0.1, 0.15) is 25.5 Å². The van der Waals surface area contributed by atoms with E-state index in [1.54, 1.807) is 17.8 Å². The van der Waals surface area contributed by atoms with E-state index in [1.807, 2.05) is 13.1 Å². The Morgan fingerprint density at radius 3 is 2.87 bits per heavy atom. The molecule has 1 aromatic heterocycles. The third-order valence-electron chi connectivity index (χ3n) is 2.04. The van der Waals surface area contributed by atoms with Crippen LogP contribution in [0.3, 0.4) is 0 Å². The molecule has 1 atom stereocenters. The average molecular weight is 229 g/mol. The van der Waals surface area contributed by atoms with E-state index in [2.05, 4.69) is 16.4 Å². The SMILES string of the molecule is C=CS(=O)(=O)NC(C)c1cnn(CC)c1. The molecule has 1 unspecified atom stereocenters. The third kappa shape index (κ3) is 3.17. The fourth-order valence-electron chi connectivity index (χ4n) is 1.14. The first kappa shape index (κ1) is 11.9. The molecule has 0 saturated carbocycles. The molecule has 0 aliphatic heterocycles. The van der Waals surface area contributed by atoms with Gasteiger partial charge in [0.05, 0.1) is 6.20 Å². The summed E-state index contributed by atoms with van der Waals surface area (Å²) in [7, 11) is -3.39. The Hall–Kier alpha value is -1.14. The van der Waals surface area contributed by atoms with E-state index >= 15 is 0 Å². The van der Waals surface area contributed by atoms with Gasteiger partial charge in [-0.2, -0.15) is 5.10 Å². The Balaban J connectivity index is 2.77. The lowest BCUT2D eigenvalue weighted by Gasteiger charge is -2.09. The van der Waals surface area contributed by atoms with Gasteiger partial charge in [-0.05, 0) is 13.8 Å². The fourth-order valence-corrected chi connectivity index (χ4v) is 1.86. The van der Waals surface area contributed by atoms with Gasteiger partial charge in [-0.1, -0.05) is 6.58 Å². The molecular weight excluding hydrogens is 214 g/mol. The van der Waals surface area contributed by atoms with Gasteiger partial charge in [0.15, 0.2) is 0 Å². The van der Waals surface area contributed by atoms with Gasteiger partial charge in [0.2, 0.25) is 10.0 Å². The highest BCUT2D eigenvalue weighted by atomic mass is 32.2. The third-order valence-corrected chi connectivity index (χ3v) is 3.16. The maximum atomic E-state index is 11.2. The molecule has 1 N–H and O–H groups in total. The van der Waals surface area contributed by atoms with Crippen LogP contribution < -0.4 is 4.72 Å². The highest BCUT2D eigenvalue weighted by Crippen LogP contribution is 2.12. The lowest BCUT2D eigenvalue weighted by molar-refractivity contribution is 0.576. The first-order chi connectivity index (χ1) is 6.98. The molecule has 0 radical (unpaired) electrons. The van der Waals surface area contributed by atoms with Crippen molar-refractivity contribution in [2.75, 3.05) is 0 Å². The van der Waals surface area contributed by atoms with Crippen molar-refractivity contribution in [3.63, 3.8) is 0 Å². The topological polar surface area (TPSA) is 64.0 Å². The highest BCUT2D eigenvalue weighted by Gasteiger charge is 2.13. The molecule has 1 heterocycles. The summed E-state index contributed by atoms with van der Waals surface area (Å²) in [6, 6.07) is -0.298.